The van der Waals surface area contributed by atoms with Gasteiger partial charge in [0.15, 0.2) is 6.29 Å². The van der Waals surface area contributed by atoms with Gasteiger partial charge in [-0.2, -0.15) is 0 Å². The maximum Gasteiger partial charge on any atom is 0.224 e. The first-order valence-corrected chi connectivity index (χ1v) is 8.07. The van der Waals surface area contributed by atoms with Crippen molar-refractivity contribution in [3.63, 3.8) is 0 Å². The third-order valence-electron chi connectivity index (χ3n) is 4.07. The van der Waals surface area contributed by atoms with Crippen LogP contribution in [0.1, 0.15) is 6.92 Å². The molecule has 0 aromatic carbocycles. The van der Waals surface area contributed by atoms with Crippen molar-refractivity contribution in [1.82, 2.24) is 0 Å². The highest BCUT2D eigenvalue weighted by Crippen LogP contribution is 2.35. The minimum absolute atomic E-state index is 0.250. The van der Waals surface area contributed by atoms with Crippen LogP contribution in [0.2, 0.25) is 0 Å². The molecule has 26 heavy (non-hydrogen) atoms. The van der Waals surface area contributed by atoms with E-state index in [0.717, 1.165) is 0 Å². The third-order valence-corrected chi connectivity index (χ3v) is 4.07. The van der Waals surface area contributed by atoms with Gasteiger partial charge in [0.25, 0.3) is 0 Å². The fourth-order valence-electron chi connectivity index (χ4n) is 2.63. The predicted molar refractivity (Wildman–Crippen MR) is 81.4 cm³/mol. The summed E-state index contributed by atoms with van der Waals surface area (Å²) in [6.07, 6.45) is -12.7. The molecule has 156 valence electrons. The molecule has 9 atom stereocenters. The second-order valence-corrected chi connectivity index (χ2v) is 5.88. The molecule has 2 heterocycles. The van der Waals surface area contributed by atoms with E-state index in [1.807, 2.05) is 0 Å². The Morgan fingerprint density at radius 1 is 0.808 bits per heavy atom. The Labute approximate surface area is 149 Å². The molecular weight excluding hydrogens is 360 g/mol. The molecule has 9 N–H and O–H groups in total. The molecule has 0 aromatic heterocycles. The average molecular weight is 388 g/mol. The Morgan fingerprint density at radius 2 is 1.35 bits per heavy atom. The summed E-state index contributed by atoms with van der Waals surface area (Å²) in [5, 5.41) is 84.2. The summed E-state index contributed by atoms with van der Waals surface area (Å²) >= 11 is 0. The highest BCUT2D eigenvalue weighted by atomic mass is 16.8. The molecule has 2 rings (SSSR count). The van der Waals surface area contributed by atoms with E-state index < -0.39 is 74.6 Å². The van der Waals surface area contributed by atoms with Gasteiger partial charge in [-0.05, 0) is 6.92 Å². The Morgan fingerprint density at radius 3 is 1.77 bits per heavy atom. The van der Waals surface area contributed by atoms with Crippen LogP contribution >= 0.6 is 0 Å². The first-order valence-electron chi connectivity index (χ1n) is 8.07. The van der Waals surface area contributed by atoms with Crippen molar-refractivity contribution in [3.8, 4) is 0 Å². The van der Waals surface area contributed by atoms with Gasteiger partial charge in [0.1, 0.15) is 49.3 Å². The summed E-state index contributed by atoms with van der Waals surface area (Å²) in [7, 11) is 0. The van der Waals surface area contributed by atoms with Gasteiger partial charge < -0.3 is 60.2 Å². The molecule has 0 aliphatic carbocycles. The molecule has 0 aromatic rings. The number of aliphatic hydroxyl groups excluding tert-OH is 9. The monoisotopic (exact) mass is 388 g/mol. The van der Waals surface area contributed by atoms with E-state index in [1.54, 1.807) is 6.92 Å². The second-order valence-electron chi connectivity index (χ2n) is 5.88. The highest BCUT2D eigenvalue weighted by molar-refractivity contribution is 4.98. The van der Waals surface area contributed by atoms with Crippen molar-refractivity contribution in [3.05, 3.63) is 0 Å². The third kappa shape index (κ3) is 4.67. The lowest BCUT2D eigenvalue weighted by Crippen LogP contribution is -2.62. The first-order chi connectivity index (χ1) is 12.2. The van der Waals surface area contributed by atoms with Crippen LogP contribution in [0.5, 0.6) is 0 Å². The number of ether oxygens (including phenoxy) is 3. The van der Waals surface area contributed by atoms with Gasteiger partial charge in [-0.3, -0.25) is 0 Å². The number of rotatable bonds is 5. The molecule has 2 saturated heterocycles. The number of hydrogen-bond donors (Lipinski definition) is 9. The molecule has 0 spiro atoms. The summed E-state index contributed by atoms with van der Waals surface area (Å²) in [6, 6.07) is 0. The summed E-state index contributed by atoms with van der Waals surface area (Å²) in [6.45, 7) is -0.392. The van der Waals surface area contributed by atoms with Gasteiger partial charge in [0.05, 0.1) is 13.2 Å². The van der Waals surface area contributed by atoms with Crippen LogP contribution in [0.3, 0.4) is 0 Å². The topological polar surface area (TPSA) is 210 Å². The zero-order chi connectivity index (χ0) is 20.1. The van der Waals surface area contributed by atoms with Crippen LogP contribution in [0, 0.1) is 0 Å². The zero-order valence-corrected chi connectivity index (χ0v) is 14.2. The Kier molecular flexibility index (Phi) is 9.22. The van der Waals surface area contributed by atoms with Gasteiger partial charge in [0, 0.05) is 6.61 Å². The van der Waals surface area contributed by atoms with E-state index in [4.69, 9.17) is 29.5 Å². The van der Waals surface area contributed by atoms with Crippen LogP contribution in [0.25, 0.3) is 0 Å². The van der Waals surface area contributed by atoms with Gasteiger partial charge in [-0.1, -0.05) is 0 Å². The summed E-state index contributed by atoms with van der Waals surface area (Å²) in [4.78, 5) is 0. The molecule has 0 saturated carbocycles. The van der Waals surface area contributed by atoms with Crippen LogP contribution in [0.4, 0.5) is 0 Å². The molecular formula is C14H28O12. The lowest BCUT2D eigenvalue weighted by atomic mass is 9.99. The molecule has 2 aliphatic heterocycles. The molecule has 2 fully saturated rings. The number of hydrogen-bond acceptors (Lipinski definition) is 12. The standard InChI is InChI=1S/C12H22O11.C2H6O/c13-1-4-6(16)8(18)9(19)11(21-4)23-12(3-15)10(20)7(17)5(2-14)22-12;1-2-3/h4-11,13-20H,1-3H2;3H,2H2,1H3/t4-,5-,6-,7-,8+,9-,10+,11-,12?;/m1./s1. The molecule has 0 radical (unpaired) electrons. The van der Waals surface area contributed by atoms with Crippen molar-refractivity contribution < 1.29 is 60.2 Å². The minimum Gasteiger partial charge on any atom is -0.397 e. The van der Waals surface area contributed by atoms with Crippen LogP contribution < -0.4 is 0 Å². The molecule has 0 amide bonds. The Hall–Kier alpha value is -0.480. The summed E-state index contributed by atoms with van der Waals surface area (Å²) < 4.78 is 15.4. The quantitative estimate of drug-likeness (QED) is 0.216. The SMILES string of the molecule is CCO.OC[C@H]1OC(CO)(O[C@H]2O[C@H](CO)[C@@H](O)[C@H](O)[C@H]2O)[C@@H](O)[C@@H]1O. The van der Waals surface area contributed by atoms with E-state index in [-0.39, 0.29) is 6.61 Å². The molecule has 1 unspecified atom stereocenters. The maximum absolute atomic E-state index is 10.00. The second kappa shape index (κ2) is 10.2. The lowest BCUT2D eigenvalue weighted by Gasteiger charge is -2.43. The highest BCUT2D eigenvalue weighted by Gasteiger charge is 2.58. The fraction of sp³-hybridized carbons (Fsp3) is 1.00. The smallest absolute Gasteiger partial charge is 0.224 e. The van der Waals surface area contributed by atoms with Crippen molar-refractivity contribution in [2.45, 2.75) is 61.7 Å². The lowest BCUT2D eigenvalue weighted by molar-refractivity contribution is -0.383. The van der Waals surface area contributed by atoms with Crippen LogP contribution in [-0.2, 0) is 14.2 Å². The Bertz CT molecular complexity index is 409. The van der Waals surface area contributed by atoms with E-state index in [2.05, 4.69) is 0 Å². The van der Waals surface area contributed by atoms with Gasteiger partial charge in [-0.15, -0.1) is 0 Å². The largest absolute Gasteiger partial charge is 0.397 e. The van der Waals surface area contributed by atoms with E-state index in [9.17, 15) is 30.6 Å². The first kappa shape index (κ1) is 23.6. The summed E-state index contributed by atoms with van der Waals surface area (Å²) in [5.74, 6) is -2.22. The molecule has 2 aliphatic rings. The van der Waals surface area contributed by atoms with E-state index in [1.165, 1.54) is 0 Å². The van der Waals surface area contributed by atoms with Crippen LogP contribution in [-0.4, -0.2) is 127 Å². The van der Waals surface area contributed by atoms with Crippen molar-refractivity contribution in [1.29, 1.82) is 0 Å². The minimum atomic E-state index is -2.22. The number of aliphatic hydroxyl groups is 9. The van der Waals surface area contributed by atoms with E-state index in [0.29, 0.717) is 0 Å². The molecule has 12 heteroatoms. The van der Waals surface area contributed by atoms with E-state index >= 15 is 0 Å². The Balaban J connectivity index is 0.00000105. The van der Waals surface area contributed by atoms with Crippen molar-refractivity contribution in [2.24, 2.45) is 0 Å². The van der Waals surface area contributed by atoms with Gasteiger partial charge >= 0.3 is 0 Å². The van der Waals surface area contributed by atoms with Gasteiger partial charge in [-0.25, -0.2) is 0 Å². The molecule has 12 nitrogen and oxygen atoms in total. The predicted octanol–water partition coefficient (Wildman–Crippen LogP) is -5.40. The van der Waals surface area contributed by atoms with Crippen molar-refractivity contribution in [2.75, 3.05) is 26.4 Å². The van der Waals surface area contributed by atoms with Crippen LogP contribution in [0.15, 0.2) is 0 Å². The van der Waals surface area contributed by atoms with Gasteiger partial charge in [0.2, 0.25) is 5.79 Å². The average Bonchev–Trinajstić information content (AvgIpc) is 2.88. The molecule has 0 bridgehead atoms. The zero-order valence-electron chi connectivity index (χ0n) is 14.2. The van der Waals surface area contributed by atoms with Crippen molar-refractivity contribution >= 4 is 0 Å². The normalized spacial score (nSPS) is 45.9. The fourth-order valence-corrected chi connectivity index (χ4v) is 2.63. The maximum atomic E-state index is 10.00. The summed E-state index contributed by atoms with van der Waals surface area (Å²) in [5.41, 5.74) is 0.